The Morgan fingerprint density at radius 2 is 1.76 bits per heavy atom. The number of nitrogens with one attached hydrogen (secondary N) is 1. The molecular formula is C27H22F3NO3. The van der Waals surface area contributed by atoms with Gasteiger partial charge in [0.25, 0.3) is 5.91 Å². The van der Waals surface area contributed by atoms with Crippen LogP contribution in [0.15, 0.2) is 65.9 Å². The lowest BCUT2D eigenvalue weighted by Crippen LogP contribution is -2.35. The van der Waals surface area contributed by atoms with Crippen molar-refractivity contribution >= 4 is 5.91 Å². The molecule has 0 saturated carbocycles. The first-order chi connectivity index (χ1) is 16.3. The van der Waals surface area contributed by atoms with E-state index in [9.17, 15) is 18.0 Å². The highest BCUT2D eigenvalue weighted by Crippen LogP contribution is 2.45. The van der Waals surface area contributed by atoms with Crippen molar-refractivity contribution in [1.29, 1.82) is 0 Å². The molecule has 1 amide bonds. The summed E-state index contributed by atoms with van der Waals surface area (Å²) in [7, 11) is 0. The van der Waals surface area contributed by atoms with E-state index >= 15 is 0 Å². The molecule has 2 atom stereocenters. The molecule has 2 aliphatic heterocycles. The maximum atomic E-state index is 14.5. The smallest absolute Gasteiger partial charge is 0.251 e. The summed E-state index contributed by atoms with van der Waals surface area (Å²) in [4.78, 5) is 13.4. The van der Waals surface area contributed by atoms with Gasteiger partial charge in [-0.3, -0.25) is 4.79 Å². The lowest BCUT2D eigenvalue weighted by atomic mass is 9.86. The highest BCUT2D eigenvalue weighted by atomic mass is 19.2. The van der Waals surface area contributed by atoms with Gasteiger partial charge in [0.05, 0.1) is 18.2 Å². The summed E-state index contributed by atoms with van der Waals surface area (Å²) in [5, 5.41) is 3.09. The van der Waals surface area contributed by atoms with Crippen molar-refractivity contribution in [2.45, 2.75) is 32.2 Å². The van der Waals surface area contributed by atoms with Crippen LogP contribution in [-0.4, -0.2) is 12.5 Å². The average molecular weight is 465 g/mol. The zero-order valence-electron chi connectivity index (χ0n) is 18.6. The first-order valence-electron chi connectivity index (χ1n) is 11.0. The number of ether oxygens (including phenoxy) is 2. The molecule has 0 bridgehead atoms. The number of rotatable bonds is 3. The highest BCUT2D eigenvalue weighted by Gasteiger charge is 2.33. The molecular weight excluding hydrogens is 443 g/mol. The van der Waals surface area contributed by atoms with Crippen molar-refractivity contribution in [3.8, 4) is 22.6 Å². The standard InChI is InChI=1S/C27H22F3NO3/c1-14-17-7-5-8-18(20-12-16(28)13-21(29)25(20)30)26(17)34-15(2)24(14)27(32)31-22-10-11-33-23-9-4-3-6-19(22)23/h3-9,12-14,22H,10-11H2,1-2H3,(H,31,32)/t14?,22-/m0/s1. The van der Waals surface area contributed by atoms with Crippen LogP contribution in [0.2, 0.25) is 0 Å². The minimum absolute atomic E-state index is 0.206. The molecule has 1 unspecified atom stereocenters. The Morgan fingerprint density at radius 3 is 2.59 bits per heavy atom. The Kier molecular flexibility index (Phi) is 5.55. The first kappa shape index (κ1) is 22.1. The number of allylic oxidation sites excluding steroid dienone is 1. The van der Waals surface area contributed by atoms with Crippen molar-refractivity contribution < 1.29 is 27.4 Å². The monoisotopic (exact) mass is 465 g/mol. The van der Waals surface area contributed by atoms with Gasteiger partial charge in [0.1, 0.15) is 23.1 Å². The maximum Gasteiger partial charge on any atom is 0.251 e. The number of hydrogen-bond acceptors (Lipinski definition) is 3. The summed E-state index contributed by atoms with van der Waals surface area (Å²) >= 11 is 0. The summed E-state index contributed by atoms with van der Waals surface area (Å²) in [6, 6.07) is 13.8. The van der Waals surface area contributed by atoms with Gasteiger partial charge in [0.2, 0.25) is 0 Å². The fourth-order valence-electron chi connectivity index (χ4n) is 4.73. The van der Waals surface area contributed by atoms with Gasteiger partial charge < -0.3 is 14.8 Å². The van der Waals surface area contributed by atoms with Gasteiger partial charge >= 0.3 is 0 Å². The largest absolute Gasteiger partial charge is 0.493 e. The van der Waals surface area contributed by atoms with E-state index in [2.05, 4.69) is 5.32 Å². The highest BCUT2D eigenvalue weighted by molar-refractivity contribution is 5.96. The van der Waals surface area contributed by atoms with Crippen LogP contribution in [0.25, 0.3) is 11.1 Å². The van der Waals surface area contributed by atoms with Crippen LogP contribution in [0.5, 0.6) is 11.5 Å². The molecule has 0 saturated heterocycles. The Hall–Kier alpha value is -3.74. The molecule has 1 N–H and O–H groups in total. The van der Waals surface area contributed by atoms with E-state index in [4.69, 9.17) is 9.47 Å². The maximum absolute atomic E-state index is 14.5. The fraction of sp³-hybridized carbons (Fsp3) is 0.222. The van der Waals surface area contributed by atoms with E-state index in [0.717, 1.165) is 17.4 Å². The van der Waals surface area contributed by atoms with E-state index < -0.39 is 17.5 Å². The Morgan fingerprint density at radius 1 is 1.00 bits per heavy atom. The number of amides is 1. The summed E-state index contributed by atoms with van der Waals surface area (Å²) < 4.78 is 53.9. The minimum Gasteiger partial charge on any atom is -0.493 e. The number of carbonyl (C=O) groups excluding carboxylic acids is 1. The summed E-state index contributed by atoms with van der Waals surface area (Å²) in [6.07, 6.45) is 0.634. The molecule has 5 rings (SSSR count). The third-order valence-electron chi connectivity index (χ3n) is 6.37. The molecule has 0 aromatic heterocycles. The molecule has 3 aromatic carbocycles. The molecule has 0 radical (unpaired) electrons. The predicted molar refractivity (Wildman–Crippen MR) is 121 cm³/mol. The van der Waals surface area contributed by atoms with Gasteiger partial charge in [0.15, 0.2) is 11.6 Å². The molecule has 174 valence electrons. The lowest BCUT2D eigenvalue weighted by molar-refractivity contribution is -0.118. The molecule has 2 heterocycles. The van der Waals surface area contributed by atoms with Gasteiger partial charge in [-0.25, -0.2) is 13.2 Å². The zero-order valence-corrected chi connectivity index (χ0v) is 18.6. The van der Waals surface area contributed by atoms with E-state index in [1.54, 1.807) is 25.1 Å². The van der Waals surface area contributed by atoms with Gasteiger partial charge in [0, 0.05) is 40.7 Å². The second-order valence-electron chi connectivity index (χ2n) is 8.47. The normalized spacial score (nSPS) is 19.0. The topological polar surface area (TPSA) is 47.6 Å². The van der Waals surface area contributed by atoms with Crippen molar-refractivity contribution in [1.82, 2.24) is 5.32 Å². The third-order valence-corrected chi connectivity index (χ3v) is 6.37. The van der Waals surface area contributed by atoms with Crippen molar-refractivity contribution in [3.63, 3.8) is 0 Å². The van der Waals surface area contributed by atoms with Crippen molar-refractivity contribution in [3.05, 3.63) is 94.5 Å². The average Bonchev–Trinajstić information content (AvgIpc) is 2.81. The molecule has 7 heteroatoms. The zero-order chi connectivity index (χ0) is 24.0. The van der Waals surface area contributed by atoms with Gasteiger partial charge in [-0.2, -0.15) is 0 Å². The Bertz CT molecular complexity index is 1330. The predicted octanol–water partition coefficient (Wildman–Crippen LogP) is 6.18. The van der Waals surface area contributed by atoms with Crippen LogP contribution >= 0.6 is 0 Å². The molecule has 0 fully saturated rings. The number of hydrogen-bond donors (Lipinski definition) is 1. The summed E-state index contributed by atoms with van der Waals surface area (Å²) in [5.74, 6) is -2.61. The van der Waals surface area contributed by atoms with Crippen LogP contribution in [0.1, 0.15) is 43.4 Å². The second-order valence-corrected chi connectivity index (χ2v) is 8.47. The van der Waals surface area contributed by atoms with Crippen LogP contribution in [0.4, 0.5) is 13.2 Å². The number of halogens is 3. The fourth-order valence-corrected chi connectivity index (χ4v) is 4.73. The van der Waals surface area contributed by atoms with Gasteiger partial charge in [-0.1, -0.05) is 43.3 Å². The van der Waals surface area contributed by atoms with E-state index in [1.165, 1.54) is 0 Å². The van der Waals surface area contributed by atoms with Crippen LogP contribution < -0.4 is 14.8 Å². The number of para-hydroxylation sites is 2. The summed E-state index contributed by atoms with van der Waals surface area (Å²) in [5.41, 5.74) is 1.97. The molecule has 34 heavy (non-hydrogen) atoms. The van der Waals surface area contributed by atoms with Crippen LogP contribution in [0, 0.1) is 17.5 Å². The Balaban J connectivity index is 1.49. The summed E-state index contributed by atoms with van der Waals surface area (Å²) in [6.45, 7) is 4.00. The molecule has 3 aromatic rings. The lowest BCUT2D eigenvalue weighted by Gasteiger charge is -2.31. The second kappa shape index (κ2) is 8.56. The first-order valence-corrected chi connectivity index (χ1v) is 11.0. The van der Waals surface area contributed by atoms with Crippen LogP contribution in [0.3, 0.4) is 0 Å². The molecule has 0 aliphatic carbocycles. The third kappa shape index (κ3) is 3.71. The SMILES string of the molecule is CC1=C(C(=O)N[C@H]2CCOc3ccccc32)C(C)c2cccc(-c3cc(F)cc(F)c3F)c2O1. The number of carbonyl (C=O) groups is 1. The van der Waals surface area contributed by atoms with E-state index in [0.29, 0.717) is 36.0 Å². The molecule has 0 spiro atoms. The molecule has 2 aliphatic rings. The van der Waals surface area contributed by atoms with E-state index in [1.807, 2.05) is 31.2 Å². The Labute approximate surface area is 195 Å². The van der Waals surface area contributed by atoms with Gasteiger partial charge in [-0.05, 0) is 19.1 Å². The number of benzene rings is 3. The molecule has 4 nitrogen and oxygen atoms in total. The van der Waals surface area contributed by atoms with E-state index in [-0.39, 0.29) is 34.7 Å². The van der Waals surface area contributed by atoms with Gasteiger partial charge in [-0.15, -0.1) is 0 Å². The van der Waals surface area contributed by atoms with Crippen molar-refractivity contribution in [2.75, 3.05) is 6.61 Å². The minimum atomic E-state index is -1.28. The van der Waals surface area contributed by atoms with Crippen LogP contribution in [-0.2, 0) is 4.79 Å². The number of fused-ring (bicyclic) bond motifs is 2. The quantitative estimate of drug-likeness (QED) is 0.470. The van der Waals surface area contributed by atoms with Crippen molar-refractivity contribution in [2.24, 2.45) is 0 Å².